The molecule has 0 unspecified atom stereocenters. The summed E-state index contributed by atoms with van der Waals surface area (Å²) in [7, 11) is 0. The van der Waals surface area contributed by atoms with Crippen LogP contribution in [0.5, 0.6) is 0 Å². The van der Waals surface area contributed by atoms with Crippen LogP contribution >= 0.6 is 15.9 Å². The van der Waals surface area contributed by atoms with Gasteiger partial charge in [-0.15, -0.1) is 0 Å². The lowest BCUT2D eigenvalue weighted by molar-refractivity contribution is 1.15. The Morgan fingerprint density at radius 1 is 0.400 bits per heavy atom. The lowest BCUT2D eigenvalue weighted by Gasteiger charge is -2.07. The number of rotatable bonds is 5. The van der Waals surface area contributed by atoms with Gasteiger partial charge in [-0.05, 0) is 83.0 Å². The van der Waals surface area contributed by atoms with E-state index in [1.54, 1.807) is 0 Å². The van der Waals surface area contributed by atoms with Gasteiger partial charge in [0.25, 0.3) is 0 Å². The average molecular weight is 708 g/mol. The molecule has 5 heterocycles. The molecule has 0 fully saturated rings. The van der Waals surface area contributed by atoms with E-state index in [1.807, 2.05) is 0 Å². The summed E-state index contributed by atoms with van der Waals surface area (Å²) in [6.45, 7) is 0. The summed E-state index contributed by atoms with van der Waals surface area (Å²) in [5, 5.41) is 0. The number of halogens is 1. The van der Waals surface area contributed by atoms with E-state index in [1.165, 1.54) is 5.56 Å². The Balaban J connectivity index is 1.44. The van der Waals surface area contributed by atoms with E-state index in [2.05, 4.69) is 190 Å². The number of nitrogens with one attached hydrogen (secondary N) is 2. The number of H-pyrrole nitrogens is 2. The number of fused-ring (bicyclic) bond motifs is 8. The smallest absolute Gasteiger partial charge is 0.0737 e. The third kappa shape index (κ3) is 5.62. The fourth-order valence-electron chi connectivity index (χ4n) is 6.98. The molecule has 2 aliphatic heterocycles. The second kappa shape index (κ2) is 12.8. The van der Waals surface area contributed by atoms with E-state index in [4.69, 9.17) is 9.97 Å². The van der Waals surface area contributed by atoms with Gasteiger partial charge in [-0.2, -0.15) is 0 Å². The first-order valence-electron chi connectivity index (χ1n) is 16.7. The number of benzene rings is 4. The molecule has 7 aromatic rings. The monoisotopic (exact) mass is 706 g/mol. The predicted molar refractivity (Wildman–Crippen MR) is 212 cm³/mol. The molecule has 4 aromatic carbocycles. The van der Waals surface area contributed by atoms with Gasteiger partial charge < -0.3 is 9.97 Å². The van der Waals surface area contributed by atoms with Crippen LogP contribution in [0.1, 0.15) is 33.9 Å². The van der Waals surface area contributed by atoms with Crippen LogP contribution in [0.4, 0.5) is 0 Å². The zero-order valence-electron chi connectivity index (χ0n) is 27.1. The number of aromatic amines is 2. The first-order chi connectivity index (χ1) is 24.7. The van der Waals surface area contributed by atoms with Crippen LogP contribution in [-0.2, 0) is 6.42 Å². The summed E-state index contributed by atoms with van der Waals surface area (Å²) in [5.74, 6) is 0. The molecule has 4 nitrogen and oxygen atoms in total. The zero-order valence-corrected chi connectivity index (χ0v) is 28.7. The van der Waals surface area contributed by atoms with Crippen molar-refractivity contribution in [3.8, 4) is 33.4 Å². The van der Waals surface area contributed by atoms with Crippen molar-refractivity contribution in [3.63, 3.8) is 0 Å². The van der Waals surface area contributed by atoms with E-state index >= 15 is 0 Å². The summed E-state index contributed by atoms with van der Waals surface area (Å²) < 4.78 is 1.06. The van der Waals surface area contributed by atoms with Crippen molar-refractivity contribution >= 4 is 62.3 Å². The van der Waals surface area contributed by atoms with E-state index < -0.39 is 0 Å². The Morgan fingerprint density at radius 2 is 0.780 bits per heavy atom. The first-order valence-corrected chi connectivity index (χ1v) is 17.5. The van der Waals surface area contributed by atoms with Crippen LogP contribution in [0.25, 0.3) is 79.8 Å². The Morgan fingerprint density at radius 3 is 1.24 bits per heavy atom. The number of aromatic nitrogens is 4. The molecule has 0 aliphatic carbocycles. The zero-order chi connectivity index (χ0) is 33.4. The van der Waals surface area contributed by atoms with Crippen molar-refractivity contribution in [2.75, 3.05) is 0 Å². The molecule has 3 aromatic heterocycles. The Kier molecular flexibility index (Phi) is 7.68. The molecule has 8 bridgehead atoms. The average Bonchev–Trinajstić information content (AvgIpc) is 4.00. The van der Waals surface area contributed by atoms with Crippen molar-refractivity contribution in [3.05, 3.63) is 178 Å². The molecule has 2 aliphatic rings. The Bertz CT molecular complexity index is 2560. The molecular formula is C45H31BrN4. The summed E-state index contributed by atoms with van der Waals surface area (Å²) in [6, 6.07) is 48.8. The number of hydrogen-bond donors (Lipinski definition) is 2. The molecule has 50 heavy (non-hydrogen) atoms. The first kappa shape index (κ1) is 30.1. The molecule has 0 radical (unpaired) electrons. The SMILES string of the molecule is Brc1ccc(Cc2c3nc(c(-c4ccccc4)c4ccc([nH]4)c(-c4ccccc4)c4nc(c(-c5ccccc5)c5ccc2[nH]5)C=C4)C=C3)cc1. The maximum Gasteiger partial charge on any atom is 0.0737 e. The Labute approximate surface area is 298 Å². The van der Waals surface area contributed by atoms with Gasteiger partial charge in [0.2, 0.25) is 0 Å². The predicted octanol–water partition coefficient (Wildman–Crippen LogP) is 12.0. The topological polar surface area (TPSA) is 57.4 Å². The van der Waals surface area contributed by atoms with Gasteiger partial charge in [0.05, 0.1) is 22.8 Å². The fraction of sp³-hybridized carbons (Fsp3) is 0.0222. The van der Waals surface area contributed by atoms with Gasteiger partial charge in [0.15, 0.2) is 0 Å². The molecule has 0 spiro atoms. The summed E-state index contributed by atoms with van der Waals surface area (Å²) in [6.07, 6.45) is 9.30. The number of nitrogens with zero attached hydrogens (tertiary/aromatic N) is 2. The van der Waals surface area contributed by atoms with Crippen LogP contribution in [0.2, 0.25) is 0 Å². The normalized spacial score (nSPS) is 12.0. The third-order valence-electron chi connectivity index (χ3n) is 9.34. The minimum absolute atomic E-state index is 0.714. The summed E-state index contributed by atoms with van der Waals surface area (Å²) in [5.41, 5.74) is 16.5. The van der Waals surface area contributed by atoms with Crippen molar-refractivity contribution in [2.24, 2.45) is 0 Å². The highest BCUT2D eigenvalue weighted by molar-refractivity contribution is 9.10. The maximum atomic E-state index is 5.38. The molecule has 0 atom stereocenters. The van der Waals surface area contributed by atoms with Crippen LogP contribution in [0, 0.1) is 0 Å². The second-order valence-electron chi connectivity index (χ2n) is 12.5. The van der Waals surface area contributed by atoms with Crippen LogP contribution in [0.15, 0.2) is 144 Å². The van der Waals surface area contributed by atoms with Gasteiger partial charge in [-0.1, -0.05) is 119 Å². The number of hydrogen-bond acceptors (Lipinski definition) is 2. The van der Waals surface area contributed by atoms with Crippen LogP contribution < -0.4 is 0 Å². The molecule has 5 heteroatoms. The van der Waals surface area contributed by atoms with Crippen molar-refractivity contribution < 1.29 is 0 Å². The van der Waals surface area contributed by atoms with E-state index in [-0.39, 0.29) is 0 Å². The molecule has 238 valence electrons. The Hall–Kier alpha value is -6.04. The lowest BCUT2D eigenvalue weighted by atomic mass is 10.0. The summed E-state index contributed by atoms with van der Waals surface area (Å²) in [4.78, 5) is 18.4. The molecule has 9 rings (SSSR count). The molecular weight excluding hydrogens is 676 g/mol. The maximum absolute atomic E-state index is 5.38. The van der Waals surface area contributed by atoms with E-state index in [9.17, 15) is 0 Å². The van der Waals surface area contributed by atoms with E-state index in [0.29, 0.717) is 6.42 Å². The van der Waals surface area contributed by atoms with Gasteiger partial charge in [0.1, 0.15) is 0 Å². The van der Waals surface area contributed by atoms with Gasteiger partial charge >= 0.3 is 0 Å². The highest BCUT2D eigenvalue weighted by Gasteiger charge is 2.18. The molecule has 0 saturated carbocycles. The molecule has 2 N–H and O–H groups in total. The lowest BCUT2D eigenvalue weighted by Crippen LogP contribution is -1.94. The van der Waals surface area contributed by atoms with Crippen molar-refractivity contribution in [1.82, 2.24) is 19.9 Å². The quantitative estimate of drug-likeness (QED) is 0.187. The van der Waals surface area contributed by atoms with Gasteiger partial charge in [-0.3, -0.25) is 0 Å². The van der Waals surface area contributed by atoms with Gasteiger partial charge in [-0.25, -0.2) is 9.97 Å². The van der Waals surface area contributed by atoms with Gasteiger partial charge in [0, 0.05) is 55.2 Å². The van der Waals surface area contributed by atoms with Crippen molar-refractivity contribution in [1.29, 1.82) is 0 Å². The summed E-state index contributed by atoms with van der Waals surface area (Å²) >= 11 is 3.61. The second-order valence-corrected chi connectivity index (χ2v) is 13.4. The van der Waals surface area contributed by atoms with Crippen molar-refractivity contribution in [2.45, 2.75) is 6.42 Å². The highest BCUT2D eigenvalue weighted by Crippen LogP contribution is 2.37. The van der Waals surface area contributed by atoms with E-state index in [0.717, 1.165) is 88.3 Å². The molecule has 0 saturated heterocycles. The highest BCUT2D eigenvalue weighted by atomic mass is 79.9. The molecule has 0 amide bonds. The fourth-order valence-corrected chi connectivity index (χ4v) is 7.25. The minimum atomic E-state index is 0.714. The largest absolute Gasteiger partial charge is 0.355 e. The van der Waals surface area contributed by atoms with Crippen LogP contribution in [0.3, 0.4) is 0 Å². The minimum Gasteiger partial charge on any atom is -0.355 e. The standard InChI is InChI=1S/C45H31BrN4/c46-33-18-16-29(17-19-33)28-34-35-20-22-37(47-35)43(30-10-4-1-5-11-30)39-24-26-41(49-39)45(32-14-8-3-9-15-32)42-27-25-40(50-42)44(31-12-6-2-7-13-31)38-23-21-36(34)48-38/h1-27,47,50H,28H2. The third-order valence-corrected chi connectivity index (χ3v) is 9.87. The van der Waals surface area contributed by atoms with Crippen LogP contribution in [-0.4, -0.2) is 19.9 Å².